The number of nitrogens with one attached hydrogen (secondary N) is 1. The molecule has 0 aliphatic rings. The molecule has 0 spiro atoms. The minimum atomic E-state index is -1.21. The van der Waals surface area contributed by atoms with Crippen LogP contribution in [0.4, 0.5) is 0 Å². The third-order valence-corrected chi connectivity index (χ3v) is 3.12. The number of aromatic carboxylic acids is 1. The van der Waals surface area contributed by atoms with Gasteiger partial charge in [0.2, 0.25) is 0 Å². The zero-order chi connectivity index (χ0) is 11.7. The lowest BCUT2D eigenvalue weighted by Crippen LogP contribution is -2.18. The van der Waals surface area contributed by atoms with E-state index < -0.39 is 11.5 Å². The maximum atomic E-state index is 11.5. The van der Waals surface area contributed by atoms with Crippen LogP contribution >= 0.6 is 11.3 Å². The van der Waals surface area contributed by atoms with Gasteiger partial charge in [-0.15, -0.1) is 11.3 Å². The van der Waals surface area contributed by atoms with Crippen molar-refractivity contribution in [1.82, 2.24) is 4.98 Å². The number of aryl methyl sites for hydroxylation is 1. The topological polar surface area (TPSA) is 70.2 Å². The molecule has 0 bridgehead atoms. The van der Waals surface area contributed by atoms with Crippen molar-refractivity contribution >= 4 is 17.3 Å². The summed E-state index contributed by atoms with van der Waals surface area (Å²) in [6.07, 6.45) is 0. The van der Waals surface area contributed by atoms with Crippen LogP contribution in [0.25, 0.3) is 10.6 Å². The number of aromatic nitrogens is 1. The Morgan fingerprint density at radius 3 is 2.81 bits per heavy atom. The second kappa shape index (κ2) is 3.94. The lowest BCUT2D eigenvalue weighted by Gasteiger charge is -2.04. The van der Waals surface area contributed by atoms with E-state index in [1.165, 1.54) is 17.4 Å². The van der Waals surface area contributed by atoms with Gasteiger partial charge in [-0.1, -0.05) is 6.07 Å². The average molecular weight is 235 g/mol. The van der Waals surface area contributed by atoms with Crippen molar-refractivity contribution < 1.29 is 9.90 Å². The second-order valence-corrected chi connectivity index (χ2v) is 4.30. The van der Waals surface area contributed by atoms with Crippen LogP contribution in [0.15, 0.2) is 28.4 Å². The summed E-state index contributed by atoms with van der Waals surface area (Å²) in [6.45, 7) is 1.78. The van der Waals surface area contributed by atoms with E-state index in [9.17, 15) is 9.59 Å². The molecule has 2 aromatic heterocycles. The number of pyridine rings is 1. The molecule has 82 valence electrons. The minimum absolute atomic E-state index is 0.224. The zero-order valence-corrected chi connectivity index (χ0v) is 9.30. The van der Waals surface area contributed by atoms with Crippen molar-refractivity contribution in [2.45, 2.75) is 6.92 Å². The van der Waals surface area contributed by atoms with Gasteiger partial charge >= 0.3 is 5.97 Å². The van der Waals surface area contributed by atoms with Gasteiger partial charge < -0.3 is 10.1 Å². The van der Waals surface area contributed by atoms with Crippen LogP contribution in [0.5, 0.6) is 0 Å². The van der Waals surface area contributed by atoms with Crippen LogP contribution in [0.3, 0.4) is 0 Å². The number of hydrogen-bond donors (Lipinski definition) is 2. The van der Waals surface area contributed by atoms with E-state index in [0.717, 1.165) is 10.4 Å². The smallest absolute Gasteiger partial charge is 0.341 e. The predicted molar refractivity (Wildman–Crippen MR) is 62.1 cm³/mol. The van der Waals surface area contributed by atoms with Crippen LogP contribution in [0.2, 0.25) is 0 Å². The molecule has 0 saturated heterocycles. The molecule has 2 aromatic rings. The van der Waals surface area contributed by atoms with Crippen molar-refractivity contribution in [3.63, 3.8) is 0 Å². The summed E-state index contributed by atoms with van der Waals surface area (Å²) in [4.78, 5) is 25.8. The Morgan fingerprint density at radius 2 is 2.25 bits per heavy atom. The largest absolute Gasteiger partial charge is 0.477 e. The molecule has 5 heteroatoms. The zero-order valence-electron chi connectivity index (χ0n) is 8.48. The second-order valence-electron chi connectivity index (χ2n) is 3.35. The van der Waals surface area contributed by atoms with Crippen LogP contribution in [-0.2, 0) is 0 Å². The molecule has 0 unspecified atom stereocenters. The van der Waals surface area contributed by atoms with E-state index in [4.69, 9.17) is 5.11 Å². The molecule has 4 nitrogen and oxygen atoms in total. The van der Waals surface area contributed by atoms with Crippen LogP contribution in [-0.4, -0.2) is 16.1 Å². The van der Waals surface area contributed by atoms with Crippen molar-refractivity contribution in [3.05, 3.63) is 45.1 Å². The van der Waals surface area contributed by atoms with Crippen LogP contribution < -0.4 is 5.56 Å². The highest BCUT2D eigenvalue weighted by atomic mass is 32.1. The highest BCUT2D eigenvalue weighted by Gasteiger charge is 2.12. The fourth-order valence-electron chi connectivity index (χ4n) is 1.47. The monoisotopic (exact) mass is 235 g/mol. The molecule has 0 atom stereocenters. The maximum absolute atomic E-state index is 11.5. The molecular formula is C11H9NO3S. The normalized spacial score (nSPS) is 10.3. The maximum Gasteiger partial charge on any atom is 0.341 e. The Labute approximate surface area is 95.2 Å². The SMILES string of the molecule is Cc1cc(C(=O)O)c(=O)[nH]c1-c1cccs1. The highest BCUT2D eigenvalue weighted by molar-refractivity contribution is 7.13. The first-order chi connectivity index (χ1) is 7.59. The number of carbonyl (C=O) groups is 1. The van der Waals surface area contributed by atoms with E-state index in [-0.39, 0.29) is 5.56 Å². The molecule has 0 radical (unpaired) electrons. The fraction of sp³-hybridized carbons (Fsp3) is 0.0909. The van der Waals surface area contributed by atoms with E-state index in [0.29, 0.717) is 5.69 Å². The van der Waals surface area contributed by atoms with Crippen LogP contribution in [0.1, 0.15) is 15.9 Å². The van der Waals surface area contributed by atoms with Crippen molar-refractivity contribution in [1.29, 1.82) is 0 Å². The Balaban J connectivity index is 2.64. The quantitative estimate of drug-likeness (QED) is 0.837. The van der Waals surface area contributed by atoms with Gasteiger partial charge in [-0.25, -0.2) is 4.79 Å². The number of hydrogen-bond acceptors (Lipinski definition) is 3. The van der Waals surface area contributed by atoms with E-state index in [1.807, 2.05) is 17.5 Å². The van der Waals surface area contributed by atoms with Crippen LogP contribution in [0, 0.1) is 6.92 Å². The minimum Gasteiger partial charge on any atom is -0.477 e. The summed E-state index contributed by atoms with van der Waals surface area (Å²) in [5, 5.41) is 10.7. The molecule has 0 amide bonds. The predicted octanol–water partition coefficient (Wildman–Crippen LogP) is 2.11. The van der Waals surface area contributed by atoms with Gasteiger partial charge in [-0.2, -0.15) is 0 Å². The summed E-state index contributed by atoms with van der Waals surface area (Å²) in [5.41, 5.74) is 0.642. The lowest BCUT2D eigenvalue weighted by atomic mass is 10.1. The summed E-state index contributed by atoms with van der Waals surface area (Å²) in [6, 6.07) is 5.16. The van der Waals surface area contributed by atoms with Crippen molar-refractivity contribution in [3.8, 4) is 10.6 Å². The lowest BCUT2D eigenvalue weighted by molar-refractivity contribution is 0.0695. The number of rotatable bonds is 2. The molecule has 0 saturated carbocycles. The molecule has 0 aliphatic heterocycles. The van der Waals surface area contributed by atoms with Gasteiger partial charge in [0.15, 0.2) is 0 Å². The summed E-state index contributed by atoms with van der Waals surface area (Å²) < 4.78 is 0. The number of carboxylic acid groups (broad SMARTS) is 1. The Kier molecular flexibility index (Phi) is 2.62. The molecule has 2 heterocycles. The Morgan fingerprint density at radius 1 is 1.50 bits per heavy atom. The fourth-order valence-corrected chi connectivity index (χ4v) is 2.26. The van der Waals surface area contributed by atoms with E-state index >= 15 is 0 Å². The van der Waals surface area contributed by atoms with Gasteiger partial charge in [0.1, 0.15) is 5.56 Å². The van der Waals surface area contributed by atoms with Gasteiger partial charge in [0, 0.05) is 0 Å². The molecular weight excluding hydrogens is 226 g/mol. The molecule has 16 heavy (non-hydrogen) atoms. The molecule has 0 fully saturated rings. The van der Waals surface area contributed by atoms with Crippen molar-refractivity contribution in [2.75, 3.05) is 0 Å². The molecule has 0 aliphatic carbocycles. The standard InChI is InChI=1S/C11H9NO3S/c1-6-5-7(11(14)15)10(13)12-9(6)8-3-2-4-16-8/h2-5H,1H3,(H,12,13)(H,14,15). The summed E-state index contributed by atoms with van der Waals surface area (Å²) in [7, 11) is 0. The highest BCUT2D eigenvalue weighted by Crippen LogP contribution is 2.24. The number of carboxylic acids is 1. The third-order valence-electron chi connectivity index (χ3n) is 2.24. The Bertz CT molecular complexity index is 584. The van der Waals surface area contributed by atoms with Gasteiger partial charge in [-0.05, 0) is 30.0 Å². The van der Waals surface area contributed by atoms with Gasteiger partial charge in [0.05, 0.1) is 10.6 Å². The van der Waals surface area contributed by atoms with Gasteiger partial charge in [0.25, 0.3) is 5.56 Å². The van der Waals surface area contributed by atoms with E-state index in [1.54, 1.807) is 6.92 Å². The molecule has 2 N–H and O–H groups in total. The number of thiophene rings is 1. The number of H-pyrrole nitrogens is 1. The summed E-state index contributed by atoms with van der Waals surface area (Å²) >= 11 is 1.50. The molecule has 2 rings (SSSR count). The average Bonchev–Trinajstić information content (AvgIpc) is 2.73. The van der Waals surface area contributed by atoms with E-state index in [2.05, 4.69) is 4.98 Å². The van der Waals surface area contributed by atoms with Crippen molar-refractivity contribution in [2.24, 2.45) is 0 Å². The summed E-state index contributed by atoms with van der Waals surface area (Å²) in [5.74, 6) is -1.21. The van der Waals surface area contributed by atoms with Gasteiger partial charge in [-0.3, -0.25) is 4.79 Å². The first-order valence-electron chi connectivity index (χ1n) is 4.60. The first-order valence-corrected chi connectivity index (χ1v) is 5.48. The number of aromatic amines is 1. The first kappa shape index (κ1) is 10.6. The Hall–Kier alpha value is -1.88. The third kappa shape index (κ3) is 1.77. The molecule has 0 aromatic carbocycles.